The molecule has 1 fully saturated rings. The van der Waals surface area contributed by atoms with Crippen LogP contribution in [0.25, 0.3) is 0 Å². The van der Waals surface area contributed by atoms with Gasteiger partial charge in [-0.15, -0.1) is 0 Å². The second kappa shape index (κ2) is 4.55. The van der Waals surface area contributed by atoms with Crippen molar-refractivity contribution in [3.8, 4) is 0 Å². The molecule has 2 rings (SSSR count). The molecule has 0 aliphatic heterocycles. The third kappa shape index (κ3) is 2.70. The minimum absolute atomic E-state index is 0.0713. The summed E-state index contributed by atoms with van der Waals surface area (Å²) in [5, 5.41) is 21.8. The first-order valence-electron chi connectivity index (χ1n) is 5.44. The molecule has 0 unspecified atom stereocenters. The Hall–Kier alpha value is -1.26. The van der Waals surface area contributed by atoms with E-state index in [1.54, 1.807) is 12.1 Å². The van der Waals surface area contributed by atoms with Gasteiger partial charge in [0.15, 0.2) is 0 Å². The number of aliphatic hydroxyl groups excluding tert-OH is 1. The molecule has 0 heterocycles. The lowest BCUT2D eigenvalue weighted by molar-refractivity contribution is 0.0698. The van der Waals surface area contributed by atoms with Crippen molar-refractivity contribution in [1.82, 2.24) is 0 Å². The highest BCUT2D eigenvalue weighted by molar-refractivity contribution is 6.31. The van der Waals surface area contributed by atoms with Crippen molar-refractivity contribution in [2.45, 2.75) is 12.8 Å². The second-order valence-corrected chi connectivity index (χ2v) is 4.94. The summed E-state index contributed by atoms with van der Waals surface area (Å²) < 4.78 is 0. The van der Waals surface area contributed by atoms with Crippen LogP contribution in [0.4, 0.5) is 5.69 Å². The average molecular weight is 256 g/mol. The number of aliphatic hydroxyl groups is 1. The number of anilines is 1. The molecule has 5 heteroatoms. The zero-order valence-electron chi connectivity index (χ0n) is 9.24. The third-order valence-electron chi connectivity index (χ3n) is 3.16. The first-order valence-corrected chi connectivity index (χ1v) is 5.82. The van der Waals surface area contributed by atoms with E-state index in [-0.39, 0.29) is 17.6 Å². The Morgan fingerprint density at radius 2 is 2.18 bits per heavy atom. The lowest BCUT2D eigenvalue weighted by Gasteiger charge is -2.15. The fourth-order valence-electron chi connectivity index (χ4n) is 1.70. The second-order valence-electron chi connectivity index (χ2n) is 4.51. The highest BCUT2D eigenvalue weighted by Gasteiger charge is 2.41. The van der Waals surface area contributed by atoms with Crippen molar-refractivity contribution >= 4 is 23.3 Å². The van der Waals surface area contributed by atoms with Crippen LogP contribution < -0.4 is 5.32 Å². The largest absolute Gasteiger partial charge is 0.478 e. The van der Waals surface area contributed by atoms with E-state index in [1.807, 2.05) is 0 Å². The van der Waals surface area contributed by atoms with Gasteiger partial charge in [-0.1, -0.05) is 11.6 Å². The van der Waals surface area contributed by atoms with E-state index >= 15 is 0 Å². The quantitative estimate of drug-likeness (QED) is 0.755. The summed E-state index contributed by atoms with van der Waals surface area (Å²) in [6, 6.07) is 4.62. The van der Waals surface area contributed by atoms with E-state index in [2.05, 4.69) is 5.32 Å². The Labute approximate surface area is 104 Å². The predicted molar refractivity (Wildman–Crippen MR) is 65.7 cm³/mol. The van der Waals surface area contributed by atoms with Crippen LogP contribution in [0.2, 0.25) is 5.02 Å². The molecule has 0 amide bonds. The summed E-state index contributed by atoms with van der Waals surface area (Å²) in [4.78, 5) is 11.0. The smallest absolute Gasteiger partial charge is 0.337 e. The number of halogens is 1. The van der Waals surface area contributed by atoms with Crippen molar-refractivity contribution in [2.75, 3.05) is 18.5 Å². The molecule has 0 aromatic heterocycles. The number of rotatable bonds is 5. The molecule has 92 valence electrons. The highest BCUT2D eigenvalue weighted by atomic mass is 35.5. The van der Waals surface area contributed by atoms with Gasteiger partial charge in [0.2, 0.25) is 0 Å². The molecule has 1 aliphatic rings. The number of benzene rings is 1. The zero-order valence-corrected chi connectivity index (χ0v) is 10.00. The molecule has 3 N–H and O–H groups in total. The minimum atomic E-state index is -0.988. The third-order valence-corrected chi connectivity index (χ3v) is 3.39. The van der Waals surface area contributed by atoms with Gasteiger partial charge in [-0.25, -0.2) is 4.79 Å². The number of carboxylic acid groups (broad SMARTS) is 1. The fourth-order valence-corrected chi connectivity index (χ4v) is 1.87. The van der Waals surface area contributed by atoms with Gasteiger partial charge in [0.25, 0.3) is 0 Å². The van der Waals surface area contributed by atoms with E-state index in [9.17, 15) is 9.90 Å². The summed E-state index contributed by atoms with van der Waals surface area (Å²) in [6.45, 7) is 0.701. The first-order chi connectivity index (χ1) is 8.06. The van der Waals surface area contributed by atoms with E-state index in [1.165, 1.54) is 6.07 Å². The molecule has 1 saturated carbocycles. The van der Waals surface area contributed by atoms with Crippen LogP contribution in [0.5, 0.6) is 0 Å². The summed E-state index contributed by atoms with van der Waals surface area (Å²) in [5.41, 5.74) is 0.630. The van der Waals surface area contributed by atoms with Gasteiger partial charge in [0.05, 0.1) is 17.9 Å². The molecule has 17 heavy (non-hydrogen) atoms. The van der Waals surface area contributed by atoms with E-state index in [0.29, 0.717) is 17.3 Å². The molecular formula is C12H14ClNO3. The number of carboxylic acids is 1. The first kappa shape index (κ1) is 12.2. The lowest BCUT2D eigenvalue weighted by Crippen LogP contribution is -2.20. The van der Waals surface area contributed by atoms with Gasteiger partial charge < -0.3 is 15.5 Å². The van der Waals surface area contributed by atoms with Crippen LogP contribution in [0, 0.1) is 5.41 Å². The SMILES string of the molecule is O=C(O)c1ccc(Cl)cc1NCC1(CO)CC1. The number of hydrogen-bond donors (Lipinski definition) is 3. The molecule has 4 nitrogen and oxygen atoms in total. The number of nitrogens with one attached hydrogen (secondary N) is 1. The summed E-state index contributed by atoms with van der Waals surface area (Å²) >= 11 is 5.84. The van der Waals surface area contributed by atoms with Crippen molar-refractivity contribution in [3.05, 3.63) is 28.8 Å². The van der Waals surface area contributed by atoms with Crippen LogP contribution in [-0.2, 0) is 0 Å². The maximum atomic E-state index is 11.0. The summed E-state index contributed by atoms with van der Waals surface area (Å²) in [5.74, 6) is -0.988. The Bertz CT molecular complexity index is 443. The van der Waals surface area contributed by atoms with Crippen LogP contribution in [0.3, 0.4) is 0 Å². The molecule has 0 saturated heterocycles. The Balaban J connectivity index is 2.13. The van der Waals surface area contributed by atoms with Gasteiger partial charge in [0, 0.05) is 17.0 Å². The summed E-state index contributed by atoms with van der Waals surface area (Å²) in [6.07, 6.45) is 1.94. The topological polar surface area (TPSA) is 69.6 Å². The van der Waals surface area contributed by atoms with Crippen molar-refractivity contribution in [2.24, 2.45) is 5.41 Å². The van der Waals surface area contributed by atoms with Crippen molar-refractivity contribution in [3.63, 3.8) is 0 Å². The maximum absolute atomic E-state index is 11.0. The van der Waals surface area contributed by atoms with Crippen LogP contribution >= 0.6 is 11.6 Å². The lowest BCUT2D eigenvalue weighted by atomic mass is 10.1. The zero-order chi connectivity index (χ0) is 12.5. The number of hydrogen-bond acceptors (Lipinski definition) is 3. The van der Waals surface area contributed by atoms with E-state index < -0.39 is 5.97 Å². The van der Waals surface area contributed by atoms with Crippen LogP contribution in [0.15, 0.2) is 18.2 Å². The van der Waals surface area contributed by atoms with E-state index in [4.69, 9.17) is 16.7 Å². The molecule has 0 bridgehead atoms. The van der Waals surface area contributed by atoms with Crippen LogP contribution in [0.1, 0.15) is 23.2 Å². The number of aromatic carboxylic acids is 1. The van der Waals surface area contributed by atoms with Crippen molar-refractivity contribution < 1.29 is 15.0 Å². The Morgan fingerprint density at radius 1 is 1.47 bits per heavy atom. The Kier molecular flexibility index (Phi) is 3.26. The average Bonchev–Trinajstić information content (AvgIpc) is 3.07. The molecule has 0 radical (unpaired) electrons. The predicted octanol–water partition coefficient (Wildman–Crippen LogP) is 2.22. The molecule has 0 atom stereocenters. The van der Waals surface area contributed by atoms with Gasteiger partial charge in [-0.05, 0) is 31.0 Å². The molecule has 0 spiro atoms. The van der Waals surface area contributed by atoms with Gasteiger partial charge in [0.1, 0.15) is 0 Å². The van der Waals surface area contributed by atoms with Crippen LogP contribution in [-0.4, -0.2) is 29.3 Å². The highest BCUT2D eigenvalue weighted by Crippen LogP contribution is 2.45. The fraction of sp³-hybridized carbons (Fsp3) is 0.417. The summed E-state index contributed by atoms with van der Waals surface area (Å²) in [7, 11) is 0. The Morgan fingerprint density at radius 3 is 2.71 bits per heavy atom. The van der Waals surface area contributed by atoms with E-state index in [0.717, 1.165) is 12.8 Å². The monoisotopic (exact) mass is 255 g/mol. The van der Waals surface area contributed by atoms with Gasteiger partial charge >= 0.3 is 5.97 Å². The minimum Gasteiger partial charge on any atom is -0.478 e. The molecule has 1 aromatic carbocycles. The van der Waals surface area contributed by atoms with Crippen molar-refractivity contribution in [1.29, 1.82) is 0 Å². The molecule has 1 aliphatic carbocycles. The molecular weight excluding hydrogens is 242 g/mol. The normalized spacial score (nSPS) is 16.6. The van der Waals surface area contributed by atoms with Gasteiger partial charge in [-0.3, -0.25) is 0 Å². The standard InChI is InChI=1S/C12H14ClNO3/c13-8-1-2-9(11(16)17)10(5-8)14-6-12(7-15)3-4-12/h1-2,5,14-15H,3-4,6-7H2,(H,16,17). The maximum Gasteiger partial charge on any atom is 0.337 e. The van der Waals surface area contributed by atoms with Gasteiger partial charge in [-0.2, -0.15) is 0 Å². The molecule has 1 aromatic rings. The number of carbonyl (C=O) groups is 1.